The molecule has 0 bridgehead atoms. The number of nitrogens with zero attached hydrogens (tertiary/aromatic N) is 1. The standard InChI is InChI=1S/C17H25ClN2O2/c1-5-6-8-20(14(4)21)9-7-16(22)19-17-13(3)10-12(2)11-15(17)18/h10-11H,5-9H2,1-4H3,(H,19,22). The van der Waals surface area contributed by atoms with Crippen LogP contribution in [0, 0.1) is 13.8 Å². The first-order valence-corrected chi connectivity index (χ1v) is 8.05. The van der Waals surface area contributed by atoms with Crippen LogP contribution < -0.4 is 5.32 Å². The lowest BCUT2D eigenvalue weighted by Gasteiger charge is -2.20. The fraction of sp³-hybridized carbons (Fsp3) is 0.529. The lowest BCUT2D eigenvalue weighted by molar-refractivity contribution is -0.129. The van der Waals surface area contributed by atoms with E-state index in [1.54, 1.807) is 4.90 Å². The van der Waals surface area contributed by atoms with Crippen molar-refractivity contribution in [1.29, 1.82) is 0 Å². The zero-order valence-electron chi connectivity index (χ0n) is 13.8. The number of benzene rings is 1. The Kier molecular flexibility index (Phi) is 7.39. The minimum atomic E-state index is -0.128. The largest absolute Gasteiger partial charge is 0.342 e. The minimum Gasteiger partial charge on any atom is -0.342 e. The second kappa shape index (κ2) is 8.79. The van der Waals surface area contributed by atoms with Crippen molar-refractivity contribution in [3.8, 4) is 0 Å². The summed E-state index contributed by atoms with van der Waals surface area (Å²) < 4.78 is 0. The van der Waals surface area contributed by atoms with Gasteiger partial charge in [-0.25, -0.2) is 0 Å². The van der Waals surface area contributed by atoms with Crippen LogP contribution in [0.4, 0.5) is 5.69 Å². The summed E-state index contributed by atoms with van der Waals surface area (Å²) in [6.45, 7) is 8.62. The summed E-state index contributed by atoms with van der Waals surface area (Å²) in [6, 6.07) is 3.80. The third-order valence-electron chi connectivity index (χ3n) is 3.53. The van der Waals surface area contributed by atoms with E-state index in [0.29, 0.717) is 23.8 Å². The van der Waals surface area contributed by atoms with Crippen LogP contribution in [0.3, 0.4) is 0 Å². The van der Waals surface area contributed by atoms with Crippen molar-refractivity contribution in [3.05, 3.63) is 28.3 Å². The molecule has 2 amide bonds. The second-order valence-corrected chi connectivity index (χ2v) is 6.00. The van der Waals surface area contributed by atoms with Crippen LogP contribution in [-0.4, -0.2) is 29.8 Å². The highest BCUT2D eigenvalue weighted by Gasteiger charge is 2.13. The molecule has 0 unspecified atom stereocenters. The topological polar surface area (TPSA) is 49.4 Å². The Hall–Kier alpha value is -1.55. The van der Waals surface area contributed by atoms with Crippen LogP contribution in [0.25, 0.3) is 0 Å². The molecule has 0 spiro atoms. The summed E-state index contributed by atoms with van der Waals surface area (Å²) >= 11 is 6.18. The van der Waals surface area contributed by atoms with Crippen molar-refractivity contribution in [2.45, 2.75) is 47.0 Å². The zero-order valence-corrected chi connectivity index (χ0v) is 14.6. The summed E-state index contributed by atoms with van der Waals surface area (Å²) in [7, 11) is 0. The number of aryl methyl sites for hydroxylation is 2. The Morgan fingerprint density at radius 1 is 1.23 bits per heavy atom. The highest BCUT2D eigenvalue weighted by Crippen LogP contribution is 2.27. The maximum Gasteiger partial charge on any atom is 0.226 e. The molecule has 1 rings (SSSR count). The summed E-state index contributed by atoms with van der Waals surface area (Å²) in [6.07, 6.45) is 2.24. The molecule has 0 aliphatic carbocycles. The Labute approximate surface area is 137 Å². The van der Waals surface area contributed by atoms with Gasteiger partial charge < -0.3 is 10.2 Å². The first-order chi connectivity index (χ1) is 10.3. The summed E-state index contributed by atoms with van der Waals surface area (Å²) in [5, 5.41) is 3.39. The molecular formula is C17H25ClN2O2. The molecule has 22 heavy (non-hydrogen) atoms. The number of unbranched alkanes of at least 4 members (excludes halogenated alkanes) is 1. The van der Waals surface area contributed by atoms with Gasteiger partial charge in [0, 0.05) is 26.4 Å². The van der Waals surface area contributed by atoms with Crippen molar-refractivity contribution in [2.75, 3.05) is 18.4 Å². The van der Waals surface area contributed by atoms with E-state index >= 15 is 0 Å². The number of rotatable bonds is 7. The molecule has 0 aliphatic rings. The molecule has 0 radical (unpaired) electrons. The third-order valence-corrected chi connectivity index (χ3v) is 3.83. The third kappa shape index (κ3) is 5.68. The molecule has 122 valence electrons. The zero-order chi connectivity index (χ0) is 16.7. The highest BCUT2D eigenvalue weighted by atomic mass is 35.5. The highest BCUT2D eigenvalue weighted by molar-refractivity contribution is 6.34. The summed E-state index contributed by atoms with van der Waals surface area (Å²) in [5.74, 6) is -0.123. The van der Waals surface area contributed by atoms with Crippen LogP contribution in [0.1, 0.15) is 44.2 Å². The van der Waals surface area contributed by atoms with Crippen molar-refractivity contribution in [3.63, 3.8) is 0 Å². The van der Waals surface area contributed by atoms with Gasteiger partial charge in [-0.3, -0.25) is 9.59 Å². The quantitative estimate of drug-likeness (QED) is 0.826. The molecule has 0 atom stereocenters. The Morgan fingerprint density at radius 2 is 1.91 bits per heavy atom. The molecule has 0 aromatic heterocycles. The van der Waals surface area contributed by atoms with Gasteiger partial charge in [0.1, 0.15) is 0 Å². The molecule has 5 heteroatoms. The van der Waals surface area contributed by atoms with E-state index in [1.165, 1.54) is 6.92 Å². The van der Waals surface area contributed by atoms with Gasteiger partial charge in [-0.1, -0.05) is 31.0 Å². The van der Waals surface area contributed by atoms with Crippen LogP contribution in [-0.2, 0) is 9.59 Å². The van der Waals surface area contributed by atoms with Crippen molar-refractivity contribution >= 4 is 29.1 Å². The minimum absolute atomic E-state index is 0.00537. The van der Waals surface area contributed by atoms with Gasteiger partial charge in [0.05, 0.1) is 10.7 Å². The van der Waals surface area contributed by atoms with E-state index in [4.69, 9.17) is 11.6 Å². The van der Waals surface area contributed by atoms with E-state index in [9.17, 15) is 9.59 Å². The lowest BCUT2D eigenvalue weighted by Crippen LogP contribution is -2.32. The van der Waals surface area contributed by atoms with Crippen LogP contribution >= 0.6 is 11.6 Å². The predicted octanol–water partition coefficient (Wildman–Crippen LogP) is 3.93. The van der Waals surface area contributed by atoms with Crippen LogP contribution in [0.2, 0.25) is 5.02 Å². The lowest BCUT2D eigenvalue weighted by atomic mass is 10.1. The average molecular weight is 325 g/mol. The van der Waals surface area contributed by atoms with Crippen molar-refractivity contribution in [2.24, 2.45) is 0 Å². The second-order valence-electron chi connectivity index (χ2n) is 5.60. The molecule has 0 heterocycles. The Bertz CT molecular complexity index is 520. The normalized spacial score (nSPS) is 10.4. The first kappa shape index (κ1) is 18.5. The van der Waals surface area contributed by atoms with Gasteiger partial charge in [-0.15, -0.1) is 0 Å². The maximum atomic E-state index is 12.1. The molecule has 0 aliphatic heterocycles. The molecular weight excluding hydrogens is 300 g/mol. The molecule has 1 aromatic carbocycles. The van der Waals surface area contributed by atoms with E-state index in [1.807, 2.05) is 26.0 Å². The summed E-state index contributed by atoms with van der Waals surface area (Å²) in [4.78, 5) is 25.3. The monoisotopic (exact) mass is 324 g/mol. The number of carbonyl (C=O) groups excluding carboxylic acids is 2. The molecule has 0 saturated heterocycles. The number of hydrogen-bond acceptors (Lipinski definition) is 2. The number of halogens is 1. The van der Waals surface area contributed by atoms with Crippen LogP contribution in [0.15, 0.2) is 12.1 Å². The van der Waals surface area contributed by atoms with E-state index < -0.39 is 0 Å². The Morgan fingerprint density at radius 3 is 2.45 bits per heavy atom. The Balaban J connectivity index is 2.61. The summed E-state index contributed by atoms with van der Waals surface area (Å²) in [5.41, 5.74) is 2.65. The SMILES string of the molecule is CCCCN(CCC(=O)Nc1c(C)cc(C)cc1Cl)C(C)=O. The number of carbonyl (C=O) groups is 2. The maximum absolute atomic E-state index is 12.1. The molecule has 0 saturated carbocycles. The van der Waals surface area contributed by atoms with Gasteiger partial charge >= 0.3 is 0 Å². The van der Waals surface area contributed by atoms with Gasteiger partial charge in [0.25, 0.3) is 0 Å². The van der Waals surface area contributed by atoms with Gasteiger partial charge in [0.2, 0.25) is 11.8 Å². The van der Waals surface area contributed by atoms with Crippen LogP contribution in [0.5, 0.6) is 0 Å². The number of hydrogen-bond donors (Lipinski definition) is 1. The van der Waals surface area contributed by atoms with Gasteiger partial charge in [-0.2, -0.15) is 0 Å². The fourth-order valence-electron chi connectivity index (χ4n) is 2.29. The van der Waals surface area contributed by atoms with Gasteiger partial charge in [0.15, 0.2) is 0 Å². The molecule has 1 aromatic rings. The molecule has 1 N–H and O–H groups in total. The van der Waals surface area contributed by atoms with E-state index in [2.05, 4.69) is 12.2 Å². The molecule has 0 fully saturated rings. The number of nitrogens with one attached hydrogen (secondary N) is 1. The fourth-order valence-corrected chi connectivity index (χ4v) is 2.66. The number of amides is 2. The molecule has 4 nitrogen and oxygen atoms in total. The van der Waals surface area contributed by atoms with Gasteiger partial charge in [-0.05, 0) is 37.5 Å². The van der Waals surface area contributed by atoms with E-state index in [-0.39, 0.29) is 18.2 Å². The predicted molar refractivity (Wildman–Crippen MR) is 91.3 cm³/mol. The average Bonchev–Trinajstić information content (AvgIpc) is 2.42. The first-order valence-electron chi connectivity index (χ1n) is 7.67. The smallest absolute Gasteiger partial charge is 0.226 e. The van der Waals surface area contributed by atoms with E-state index in [0.717, 1.165) is 24.0 Å². The number of anilines is 1. The van der Waals surface area contributed by atoms with Crippen molar-refractivity contribution in [1.82, 2.24) is 4.90 Å². The van der Waals surface area contributed by atoms with Crippen molar-refractivity contribution < 1.29 is 9.59 Å².